The van der Waals surface area contributed by atoms with Gasteiger partial charge < -0.3 is 30.3 Å². The molecule has 144 valence electrons. The van der Waals surface area contributed by atoms with Crippen LogP contribution in [-0.2, 0) is 11.2 Å². The van der Waals surface area contributed by atoms with Crippen LogP contribution >= 0.6 is 22.7 Å². The number of phenolic OH excluding ortho intramolecular Hbond substituents is 1. The van der Waals surface area contributed by atoms with Crippen LogP contribution in [-0.4, -0.2) is 56.6 Å². The first-order chi connectivity index (χ1) is 13.0. The van der Waals surface area contributed by atoms with E-state index in [0.29, 0.717) is 12.0 Å². The lowest BCUT2D eigenvalue weighted by Gasteiger charge is -2.40. The number of aliphatic hydroxyl groups is 4. The van der Waals surface area contributed by atoms with E-state index in [1.54, 1.807) is 34.8 Å². The number of benzene rings is 1. The Labute approximate surface area is 163 Å². The summed E-state index contributed by atoms with van der Waals surface area (Å²) in [5, 5.41) is 52.0. The number of hydrogen-bond donors (Lipinski definition) is 5. The normalized spacial score (nSPS) is 28.7. The smallest absolute Gasteiger partial charge is 0.121 e. The fourth-order valence-corrected chi connectivity index (χ4v) is 5.57. The van der Waals surface area contributed by atoms with E-state index in [4.69, 9.17) is 4.74 Å². The number of thiophene rings is 2. The van der Waals surface area contributed by atoms with Crippen LogP contribution in [0.5, 0.6) is 5.75 Å². The van der Waals surface area contributed by atoms with E-state index in [0.717, 1.165) is 5.56 Å². The predicted octanol–water partition coefficient (Wildman–Crippen LogP) is 1.77. The molecule has 0 bridgehead atoms. The van der Waals surface area contributed by atoms with E-state index in [2.05, 4.69) is 17.5 Å². The average Bonchev–Trinajstić information content (AvgIpc) is 3.23. The molecule has 27 heavy (non-hydrogen) atoms. The second-order valence-corrected chi connectivity index (χ2v) is 8.80. The number of phenols is 1. The molecule has 4 rings (SSSR count). The maximum absolute atomic E-state index is 10.3. The first kappa shape index (κ1) is 18.8. The first-order valence-corrected chi connectivity index (χ1v) is 10.3. The minimum Gasteiger partial charge on any atom is -0.508 e. The molecule has 5 atom stereocenters. The highest BCUT2D eigenvalue weighted by Crippen LogP contribution is 2.38. The highest BCUT2D eigenvalue weighted by molar-refractivity contribution is 7.26. The lowest BCUT2D eigenvalue weighted by atomic mass is 9.90. The zero-order valence-electron chi connectivity index (χ0n) is 14.2. The van der Waals surface area contributed by atoms with Crippen LogP contribution < -0.4 is 0 Å². The van der Waals surface area contributed by atoms with E-state index in [9.17, 15) is 25.5 Å². The van der Waals surface area contributed by atoms with Gasteiger partial charge in [0.1, 0.15) is 36.3 Å². The van der Waals surface area contributed by atoms with Gasteiger partial charge in [0.15, 0.2) is 0 Å². The quantitative estimate of drug-likeness (QED) is 0.450. The number of fused-ring (bicyclic) bond motifs is 1. The number of hydrogen-bond acceptors (Lipinski definition) is 8. The highest BCUT2D eigenvalue weighted by atomic mass is 32.1. The van der Waals surface area contributed by atoms with Gasteiger partial charge in [-0.05, 0) is 35.2 Å². The molecule has 1 aromatic carbocycles. The molecule has 8 heteroatoms. The molecule has 0 spiro atoms. The van der Waals surface area contributed by atoms with Crippen LogP contribution in [0.2, 0.25) is 0 Å². The van der Waals surface area contributed by atoms with Gasteiger partial charge in [0.05, 0.1) is 6.61 Å². The summed E-state index contributed by atoms with van der Waals surface area (Å²) in [6.07, 6.45) is -5.72. The third kappa shape index (κ3) is 3.50. The molecule has 0 aliphatic carbocycles. The standard InChI is InChI=1S/C19H20O6S2/c20-8-13-16(22)17(23)18(24)19(25-13)11-6-9(1-2-12(11)21)5-10-7-15-14(27-10)3-4-26-15/h1-4,6-7,13,16-24H,5,8H2/t13-,16-,17+,18-,19+/m1/s1. The van der Waals surface area contributed by atoms with E-state index in [1.807, 2.05) is 0 Å². The number of aromatic hydroxyl groups is 1. The Bertz CT molecular complexity index is 905. The van der Waals surface area contributed by atoms with Gasteiger partial charge in [-0.25, -0.2) is 0 Å². The molecule has 0 saturated carbocycles. The summed E-state index contributed by atoms with van der Waals surface area (Å²) < 4.78 is 8.05. The lowest BCUT2D eigenvalue weighted by Crippen LogP contribution is -2.55. The van der Waals surface area contributed by atoms with Gasteiger partial charge in [0.25, 0.3) is 0 Å². The molecular formula is C19H20O6S2. The Morgan fingerprint density at radius 3 is 2.52 bits per heavy atom. The van der Waals surface area contributed by atoms with Gasteiger partial charge in [-0.15, -0.1) is 22.7 Å². The zero-order chi connectivity index (χ0) is 19.1. The molecule has 3 heterocycles. The fourth-order valence-electron chi connectivity index (χ4n) is 3.40. The van der Waals surface area contributed by atoms with E-state index >= 15 is 0 Å². The maximum Gasteiger partial charge on any atom is 0.121 e. The number of ether oxygens (including phenoxy) is 1. The van der Waals surface area contributed by atoms with Crippen molar-refractivity contribution in [1.29, 1.82) is 0 Å². The zero-order valence-corrected chi connectivity index (χ0v) is 15.9. The van der Waals surface area contributed by atoms with Crippen LogP contribution in [0.1, 0.15) is 22.1 Å². The van der Waals surface area contributed by atoms with Crippen LogP contribution in [0.4, 0.5) is 0 Å². The van der Waals surface area contributed by atoms with Crippen molar-refractivity contribution in [2.24, 2.45) is 0 Å². The molecule has 1 saturated heterocycles. The van der Waals surface area contributed by atoms with Gasteiger partial charge >= 0.3 is 0 Å². The first-order valence-electron chi connectivity index (χ1n) is 8.56. The summed E-state index contributed by atoms with van der Waals surface area (Å²) in [4.78, 5) is 1.18. The topological polar surface area (TPSA) is 110 Å². The third-order valence-corrected chi connectivity index (χ3v) is 6.95. The van der Waals surface area contributed by atoms with Crippen molar-refractivity contribution in [2.75, 3.05) is 6.61 Å². The summed E-state index contributed by atoms with van der Waals surface area (Å²) >= 11 is 3.40. The Kier molecular flexibility index (Phi) is 5.21. The highest BCUT2D eigenvalue weighted by Gasteiger charge is 2.44. The summed E-state index contributed by atoms with van der Waals surface area (Å²) in [6, 6.07) is 9.30. The number of aliphatic hydroxyl groups excluding tert-OH is 4. The van der Waals surface area contributed by atoms with Gasteiger partial charge in [0.2, 0.25) is 0 Å². The molecule has 3 aromatic rings. The molecule has 5 N–H and O–H groups in total. The number of rotatable bonds is 4. The maximum atomic E-state index is 10.3. The van der Waals surface area contributed by atoms with E-state index < -0.39 is 37.1 Å². The van der Waals surface area contributed by atoms with Crippen molar-refractivity contribution in [3.05, 3.63) is 51.7 Å². The van der Waals surface area contributed by atoms with Crippen molar-refractivity contribution in [3.63, 3.8) is 0 Å². The van der Waals surface area contributed by atoms with Crippen molar-refractivity contribution in [1.82, 2.24) is 0 Å². The van der Waals surface area contributed by atoms with Crippen LogP contribution in [0.3, 0.4) is 0 Å². The molecule has 1 fully saturated rings. The minimum atomic E-state index is -1.48. The van der Waals surface area contributed by atoms with Crippen LogP contribution in [0.25, 0.3) is 9.40 Å². The average molecular weight is 408 g/mol. The molecule has 1 aliphatic rings. The minimum absolute atomic E-state index is 0.0738. The van der Waals surface area contributed by atoms with Gasteiger partial charge in [-0.3, -0.25) is 0 Å². The summed E-state index contributed by atoms with van der Waals surface area (Å²) in [5.74, 6) is -0.0738. The Morgan fingerprint density at radius 2 is 1.78 bits per heavy atom. The Morgan fingerprint density at radius 1 is 0.963 bits per heavy atom. The largest absolute Gasteiger partial charge is 0.508 e. The van der Waals surface area contributed by atoms with E-state index in [-0.39, 0.29) is 5.75 Å². The molecule has 0 unspecified atom stereocenters. The molecular weight excluding hydrogens is 388 g/mol. The SMILES string of the molecule is OC[C@H]1O[C@@H](c2cc(Cc3cc4sccc4s3)ccc2O)[C@H](O)[C@@H](O)[C@@H]1O. The van der Waals surface area contributed by atoms with Crippen molar-refractivity contribution < 1.29 is 30.3 Å². The Balaban J connectivity index is 1.62. The molecule has 0 radical (unpaired) electrons. The molecule has 2 aromatic heterocycles. The van der Waals surface area contributed by atoms with Crippen molar-refractivity contribution in [2.45, 2.75) is 36.9 Å². The molecule has 6 nitrogen and oxygen atoms in total. The lowest BCUT2D eigenvalue weighted by molar-refractivity contribution is -0.232. The second kappa shape index (κ2) is 7.48. The second-order valence-electron chi connectivity index (χ2n) is 6.68. The van der Waals surface area contributed by atoms with Crippen LogP contribution in [0.15, 0.2) is 35.7 Å². The fraction of sp³-hybridized carbons (Fsp3) is 0.368. The van der Waals surface area contributed by atoms with Crippen LogP contribution in [0, 0.1) is 0 Å². The Hall–Kier alpha value is -1.52. The monoisotopic (exact) mass is 408 g/mol. The summed E-state index contributed by atoms with van der Waals surface area (Å²) in [5.41, 5.74) is 1.25. The van der Waals surface area contributed by atoms with Crippen molar-refractivity contribution in [3.8, 4) is 5.75 Å². The van der Waals surface area contributed by atoms with Gasteiger partial charge in [-0.1, -0.05) is 6.07 Å². The van der Waals surface area contributed by atoms with Crippen molar-refractivity contribution >= 4 is 32.1 Å². The summed E-state index contributed by atoms with van der Waals surface area (Å²) in [7, 11) is 0. The predicted molar refractivity (Wildman–Crippen MR) is 103 cm³/mol. The molecule has 1 aliphatic heterocycles. The third-order valence-electron chi connectivity index (χ3n) is 4.86. The summed E-state index contributed by atoms with van der Waals surface area (Å²) in [6.45, 7) is -0.506. The van der Waals surface area contributed by atoms with E-state index in [1.165, 1.54) is 20.3 Å². The van der Waals surface area contributed by atoms with Gasteiger partial charge in [0, 0.05) is 26.3 Å². The molecule has 0 amide bonds. The van der Waals surface area contributed by atoms with Gasteiger partial charge in [-0.2, -0.15) is 0 Å².